The lowest BCUT2D eigenvalue weighted by Gasteiger charge is -2.27. The molecule has 6 nitrogen and oxygen atoms in total. The first kappa shape index (κ1) is 17.7. The zero-order valence-corrected chi connectivity index (χ0v) is 14.6. The van der Waals surface area contributed by atoms with Crippen LogP contribution < -0.4 is 10.2 Å². The monoisotopic (exact) mass is 345 g/mol. The van der Waals surface area contributed by atoms with Crippen molar-refractivity contribution < 1.29 is 14.7 Å². The Balaban J connectivity index is 1.53. The Morgan fingerprint density at radius 3 is 2.28 bits per heavy atom. The summed E-state index contributed by atoms with van der Waals surface area (Å²) in [5.74, 6) is -0.157. The summed E-state index contributed by atoms with van der Waals surface area (Å²) in [5, 5.41) is 12.1. The van der Waals surface area contributed by atoms with E-state index >= 15 is 0 Å². The number of aromatic nitrogens is 1. The molecule has 1 aliphatic heterocycles. The van der Waals surface area contributed by atoms with Gasteiger partial charge in [0, 0.05) is 25.3 Å². The molecule has 1 amide bonds. The van der Waals surface area contributed by atoms with Crippen LogP contribution in [0.4, 0.5) is 5.82 Å². The molecule has 0 radical (unpaired) electrons. The van der Waals surface area contributed by atoms with Crippen LogP contribution >= 0.6 is 0 Å². The molecule has 1 saturated heterocycles. The van der Waals surface area contributed by atoms with Crippen LogP contribution in [0.25, 0.3) is 0 Å². The number of hydrogen-bond acceptors (Lipinski definition) is 4. The Bertz CT molecular complexity index is 586. The molecule has 136 valence electrons. The Hall–Kier alpha value is -2.11. The second-order valence-electron chi connectivity index (χ2n) is 7.17. The first-order chi connectivity index (χ1) is 12.1. The van der Waals surface area contributed by atoms with E-state index in [1.807, 2.05) is 12.1 Å². The molecule has 1 saturated carbocycles. The van der Waals surface area contributed by atoms with E-state index in [9.17, 15) is 9.59 Å². The van der Waals surface area contributed by atoms with Crippen molar-refractivity contribution in [2.24, 2.45) is 5.92 Å². The molecule has 25 heavy (non-hydrogen) atoms. The second kappa shape index (κ2) is 8.32. The Labute approximate surface area is 148 Å². The predicted molar refractivity (Wildman–Crippen MR) is 95.8 cm³/mol. The molecular formula is C19H27N3O3. The van der Waals surface area contributed by atoms with Crippen LogP contribution in [-0.4, -0.2) is 41.1 Å². The lowest BCUT2D eigenvalue weighted by atomic mass is 9.86. The van der Waals surface area contributed by atoms with Crippen LogP contribution in [0.15, 0.2) is 18.3 Å². The van der Waals surface area contributed by atoms with Gasteiger partial charge < -0.3 is 15.3 Å². The van der Waals surface area contributed by atoms with E-state index in [0.717, 1.165) is 31.7 Å². The number of carbonyl (C=O) groups excluding carboxylic acids is 1. The first-order valence-electron chi connectivity index (χ1n) is 9.38. The number of nitrogens with one attached hydrogen (secondary N) is 1. The topological polar surface area (TPSA) is 82.5 Å². The van der Waals surface area contributed by atoms with Gasteiger partial charge in [-0.15, -0.1) is 0 Å². The van der Waals surface area contributed by atoms with Gasteiger partial charge in [-0.05, 0) is 50.7 Å². The Kier molecular flexibility index (Phi) is 5.89. The molecule has 6 heteroatoms. The SMILES string of the molecule is O=C(NC1CCC(C(=O)O)CC1)c1ccc(N2CCCCCC2)nc1. The summed E-state index contributed by atoms with van der Waals surface area (Å²) in [7, 11) is 0. The highest BCUT2D eigenvalue weighted by Gasteiger charge is 2.27. The zero-order valence-electron chi connectivity index (χ0n) is 14.6. The number of amides is 1. The highest BCUT2D eigenvalue weighted by Crippen LogP contribution is 2.24. The Morgan fingerprint density at radius 2 is 1.72 bits per heavy atom. The minimum Gasteiger partial charge on any atom is -0.481 e. The lowest BCUT2D eigenvalue weighted by Crippen LogP contribution is -2.38. The maximum absolute atomic E-state index is 12.4. The molecular weight excluding hydrogens is 318 g/mol. The lowest BCUT2D eigenvalue weighted by molar-refractivity contribution is -0.142. The van der Waals surface area contributed by atoms with Crippen molar-refractivity contribution >= 4 is 17.7 Å². The number of carbonyl (C=O) groups is 2. The summed E-state index contributed by atoms with van der Waals surface area (Å²) in [6.45, 7) is 2.07. The smallest absolute Gasteiger partial charge is 0.306 e. The second-order valence-corrected chi connectivity index (χ2v) is 7.17. The molecule has 1 aliphatic carbocycles. The average molecular weight is 345 g/mol. The van der Waals surface area contributed by atoms with E-state index < -0.39 is 5.97 Å². The van der Waals surface area contributed by atoms with Crippen molar-refractivity contribution in [3.05, 3.63) is 23.9 Å². The maximum Gasteiger partial charge on any atom is 0.306 e. The fraction of sp³-hybridized carbons (Fsp3) is 0.632. The standard InChI is InChI=1S/C19H27N3O3/c23-18(21-16-8-5-14(6-9-16)19(24)25)15-7-10-17(20-13-15)22-11-3-1-2-4-12-22/h7,10,13-14,16H,1-6,8-9,11-12H2,(H,21,23)(H,24,25). The van der Waals surface area contributed by atoms with E-state index in [0.29, 0.717) is 18.4 Å². The van der Waals surface area contributed by atoms with E-state index in [1.165, 1.54) is 25.7 Å². The fourth-order valence-electron chi connectivity index (χ4n) is 3.76. The van der Waals surface area contributed by atoms with E-state index in [4.69, 9.17) is 5.11 Å². The first-order valence-corrected chi connectivity index (χ1v) is 9.38. The third kappa shape index (κ3) is 4.71. The van der Waals surface area contributed by atoms with Gasteiger partial charge in [-0.1, -0.05) is 12.8 Å². The normalized spacial score (nSPS) is 24.4. The molecule has 2 N–H and O–H groups in total. The van der Waals surface area contributed by atoms with Crippen LogP contribution in [0.3, 0.4) is 0 Å². The average Bonchev–Trinajstić information content (AvgIpc) is 2.92. The van der Waals surface area contributed by atoms with Gasteiger partial charge in [0.1, 0.15) is 5.82 Å². The fourth-order valence-corrected chi connectivity index (χ4v) is 3.76. The van der Waals surface area contributed by atoms with Crippen LogP contribution in [0, 0.1) is 5.92 Å². The molecule has 0 atom stereocenters. The summed E-state index contributed by atoms with van der Waals surface area (Å²) in [4.78, 5) is 30.2. The molecule has 0 spiro atoms. The highest BCUT2D eigenvalue weighted by molar-refractivity contribution is 5.94. The molecule has 0 unspecified atom stereocenters. The number of pyridine rings is 1. The van der Waals surface area contributed by atoms with Crippen molar-refractivity contribution in [1.82, 2.24) is 10.3 Å². The van der Waals surface area contributed by atoms with Gasteiger partial charge in [0.05, 0.1) is 11.5 Å². The minimum absolute atomic E-state index is 0.0633. The minimum atomic E-state index is -0.724. The van der Waals surface area contributed by atoms with Gasteiger partial charge in [0.15, 0.2) is 0 Å². The number of nitrogens with zero attached hydrogens (tertiary/aromatic N) is 2. The van der Waals surface area contributed by atoms with Gasteiger partial charge in [0.2, 0.25) is 0 Å². The molecule has 0 aromatic carbocycles. The van der Waals surface area contributed by atoms with Gasteiger partial charge in [-0.25, -0.2) is 4.98 Å². The van der Waals surface area contributed by atoms with Gasteiger partial charge in [-0.2, -0.15) is 0 Å². The van der Waals surface area contributed by atoms with Crippen molar-refractivity contribution in [3.8, 4) is 0 Å². The molecule has 2 fully saturated rings. The zero-order chi connectivity index (χ0) is 17.6. The molecule has 0 bridgehead atoms. The van der Waals surface area contributed by atoms with Crippen molar-refractivity contribution in [1.29, 1.82) is 0 Å². The number of carboxylic acids is 1. The van der Waals surface area contributed by atoms with Gasteiger partial charge >= 0.3 is 5.97 Å². The van der Waals surface area contributed by atoms with Crippen LogP contribution in [0.2, 0.25) is 0 Å². The van der Waals surface area contributed by atoms with E-state index in [2.05, 4.69) is 15.2 Å². The number of carboxylic acid groups (broad SMARTS) is 1. The van der Waals surface area contributed by atoms with Crippen molar-refractivity contribution in [3.63, 3.8) is 0 Å². The molecule has 3 rings (SSSR count). The summed E-state index contributed by atoms with van der Waals surface area (Å²) in [6, 6.07) is 3.83. The van der Waals surface area contributed by atoms with Crippen molar-refractivity contribution in [2.75, 3.05) is 18.0 Å². The van der Waals surface area contributed by atoms with Gasteiger partial charge in [-0.3, -0.25) is 9.59 Å². The Morgan fingerprint density at radius 1 is 1.04 bits per heavy atom. The number of rotatable bonds is 4. The third-order valence-electron chi connectivity index (χ3n) is 5.35. The van der Waals surface area contributed by atoms with Crippen LogP contribution in [0.5, 0.6) is 0 Å². The van der Waals surface area contributed by atoms with Crippen LogP contribution in [0.1, 0.15) is 61.7 Å². The number of aliphatic carboxylic acids is 1. The van der Waals surface area contributed by atoms with Crippen LogP contribution in [-0.2, 0) is 4.79 Å². The molecule has 2 heterocycles. The molecule has 1 aromatic rings. The summed E-state index contributed by atoms with van der Waals surface area (Å²) < 4.78 is 0. The number of anilines is 1. The third-order valence-corrected chi connectivity index (χ3v) is 5.35. The predicted octanol–water partition coefficient (Wildman–Crippen LogP) is 2.84. The van der Waals surface area contributed by atoms with Gasteiger partial charge in [0.25, 0.3) is 5.91 Å². The largest absolute Gasteiger partial charge is 0.481 e. The van der Waals surface area contributed by atoms with E-state index in [1.54, 1.807) is 6.20 Å². The quantitative estimate of drug-likeness (QED) is 0.877. The summed E-state index contributed by atoms with van der Waals surface area (Å²) in [5.41, 5.74) is 0.568. The molecule has 2 aliphatic rings. The summed E-state index contributed by atoms with van der Waals surface area (Å²) in [6.07, 6.45) is 9.31. The number of hydrogen-bond donors (Lipinski definition) is 2. The summed E-state index contributed by atoms with van der Waals surface area (Å²) >= 11 is 0. The van der Waals surface area contributed by atoms with Crippen molar-refractivity contribution in [2.45, 2.75) is 57.4 Å². The van der Waals surface area contributed by atoms with E-state index in [-0.39, 0.29) is 17.9 Å². The maximum atomic E-state index is 12.4. The highest BCUT2D eigenvalue weighted by atomic mass is 16.4. The molecule has 1 aromatic heterocycles.